The summed E-state index contributed by atoms with van der Waals surface area (Å²) in [6.45, 7) is 9.32. The second-order valence-electron chi connectivity index (χ2n) is 4.51. The van der Waals surface area contributed by atoms with Gasteiger partial charge in [-0.2, -0.15) is 0 Å². The molecular weight excluding hydrogens is 156 g/mol. The quantitative estimate of drug-likeness (QED) is 0.496. The second kappa shape index (κ2) is 8.59. The molecule has 80 valence electrons. The summed E-state index contributed by atoms with van der Waals surface area (Å²) in [4.78, 5) is 0. The van der Waals surface area contributed by atoms with E-state index in [1.54, 1.807) is 0 Å². The molecule has 0 aromatic carbocycles. The van der Waals surface area contributed by atoms with Gasteiger partial charge in [-0.25, -0.2) is 0 Å². The van der Waals surface area contributed by atoms with Crippen molar-refractivity contribution >= 4 is 0 Å². The Labute approximate surface area is 85.1 Å². The largest absolute Gasteiger partial charge is 0.0654 e. The van der Waals surface area contributed by atoms with Gasteiger partial charge in [-0.15, -0.1) is 0 Å². The summed E-state index contributed by atoms with van der Waals surface area (Å²) in [5.74, 6) is 1.95. The van der Waals surface area contributed by atoms with Gasteiger partial charge >= 0.3 is 0 Å². The summed E-state index contributed by atoms with van der Waals surface area (Å²) in [5.41, 5.74) is 0. The lowest BCUT2D eigenvalue weighted by molar-refractivity contribution is 0.367. The minimum Gasteiger partial charge on any atom is -0.0654 e. The Hall–Kier alpha value is 0. The molecule has 0 saturated carbocycles. The Balaban J connectivity index is 3.46. The maximum absolute atomic E-state index is 2.38. The molecule has 0 heterocycles. The van der Waals surface area contributed by atoms with Crippen molar-refractivity contribution in [3.8, 4) is 0 Å². The summed E-state index contributed by atoms with van der Waals surface area (Å²) in [7, 11) is 0. The summed E-state index contributed by atoms with van der Waals surface area (Å²) < 4.78 is 0. The van der Waals surface area contributed by atoms with Gasteiger partial charge in [-0.05, 0) is 11.8 Å². The lowest BCUT2D eigenvalue weighted by Gasteiger charge is -2.16. The first-order valence-electron chi connectivity index (χ1n) is 6.24. The van der Waals surface area contributed by atoms with E-state index in [4.69, 9.17) is 0 Å². The van der Waals surface area contributed by atoms with Gasteiger partial charge in [0.15, 0.2) is 0 Å². The molecule has 0 rings (SSSR count). The van der Waals surface area contributed by atoms with E-state index < -0.39 is 0 Å². The fourth-order valence-electron chi connectivity index (χ4n) is 1.77. The van der Waals surface area contributed by atoms with E-state index in [0.717, 1.165) is 11.8 Å². The average molecular weight is 184 g/mol. The van der Waals surface area contributed by atoms with Gasteiger partial charge < -0.3 is 0 Å². The van der Waals surface area contributed by atoms with Crippen molar-refractivity contribution in [3.05, 3.63) is 0 Å². The maximum atomic E-state index is 2.38. The fraction of sp³-hybridized carbons (Fsp3) is 1.00. The number of hydrogen-bond donors (Lipinski definition) is 0. The van der Waals surface area contributed by atoms with E-state index in [1.165, 1.54) is 44.9 Å². The highest BCUT2D eigenvalue weighted by Crippen LogP contribution is 2.21. The molecule has 0 radical (unpaired) electrons. The molecule has 2 atom stereocenters. The van der Waals surface area contributed by atoms with Crippen molar-refractivity contribution in [3.63, 3.8) is 0 Å². The van der Waals surface area contributed by atoms with Crippen molar-refractivity contribution in [2.75, 3.05) is 0 Å². The van der Waals surface area contributed by atoms with E-state index in [1.807, 2.05) is 0 Å². The van der Waals surface area contributed by atoms with Gasteiger partial charge in [0, 0.05) is 0 Å². The van der Waals surface area contributed by atoms with Crippen LogP contribution in [0.1, 0.15) is 72.6 Å². The van der Waals surface area contributed by atoms with Crippen LogP contribution in [0.25, 0.3) is 0 Å². The van der Waals surface area contributed by atoms with Gasteiger partial charge in [-0.1, -0.05) is 72.6 Å². The van der Waals surface area contributed by atoms with Crippen molar-refractivity contribution < 1.29 is 0 Å². The molecule has 0 aliphatic heterocycles. The third kappa shape index (κ3) is 7.10. The minimum absolute atomic E-state index is 0.940. The van der Waals surface area contributed by atoms with Crippen LogP contribution in [0.4, 0.5) is 0 Å². The molecule has 0 aromatic heterocycles. The molecule has 0 saturated heterocycles. The van der Waals surface area contributed by atoms with Crippen molar-refractivity contribution in [1.82, 2.24) is 0 Å². The van der Waals surface area contributed by atoms with Crippen LogP contribution in [0, 0.1) is 11.8 Å². The molecule has 0 aliphatic carbocycles. The SMILES string of the molecule is CCCCC(CC)CCC(C)CC. The Kier molecular flexibility index (Phi) is 8.59. The number of unbranched alkanes of at least 4 members (excludes halogenated alkanes) is 1. The predicted octanol–water partition coefficient (Wildman–Crippen LogP) is 5.03. The normalized spacial score (nSPS) is 15.7. The third-order valence-electron chi connectivity index (χ3n) is 3.31. The molecule has 0 fully saturated rings. The topological polar surface area (TPSA) is 0 Å². The van der Waals surface area contributed by atoms with Crippen LogP contribution < -0.4 is 0 Å². The smallest absolute Gasteiger partial charge is 0.0417 e. The van der Waals surface area contributed by atoms with Crippen molar-refractivity contribution in [1.29, 1.82) is 0 Å². The lowest BCUT2D eigenvalue weighted by atomic mass is 9.90. The third-order valence-corrected chi connectivity index (χ3v) is 3.31. The predicted molar refractivity (Wildman–Crippen MR) is 62.0 cm³/mol. The van der Waals surface area contributed by atoms with Crippen LogP contribution in [0.5, 0.6) is 0 Å². The highest BCUT2D eigenvalue weighted by atomic mass is 14.1. The molecule has 0 N–H and O–H groups in total. The van der Waals surface area contributed by atoms with E-state index in [2.05, 4.69) is 27.7 Å². The van der Waals surface area contributed by atoms with E-state index in [0.29, 0.717) is 0 Å². The molecule has 0 heteroatoms. The van der Waals surface area contributed by atoms with Crippen LogP contribution >= 0.6 is 0 Å². The number of rotatable bonds is 8. The summed E-state index contributed by atoms with van der Waals surface area (Å²) in [5, 5.41) is 0. The monoisotopic (exact) mass is 184 g/mol. The molecule has 0 aromatic rings. The Morgan fingerprint density at radius 3 is 2.00 bits per heavy atom. The first kappa shape index (κ1) is 13.0. The summed E-state index contributed by atoms with van der Waals surface area (Å²) in [6, 6.07) is 0. The molecular formula is C13H28. The first-order chi connectivity index (χ1) is 6.24. The minimum atomic E-state index is 0.940. The van der Waals surface area contributed by atoms with Crippen LogP contribution in [-0.4, -0.2) is 0 Å². The van der Waals surface area contributed by atoms with Crippen LogP contribution in [0.2, 0.25) is 0 Å². The summed E-state index contributed by atoms with van der Waals surface area (Å²) in [6.07, 6.45) is 9.90. The average Bonchev–Trinajstić information content (AvgIpc) is 2.17. The Bertz CT molecular complexity index is 96.2. The second-order valence-corrected chi connectivity index (χ2v) is 4.51. The van der Waals surface area contributed by atoms with Crippen LogP contribution in [0.15, 0.2) is 0 Å². The molecule has 0 aliphatic rings. The van der Waals surface area contributed by atoms with E-state index in [-0.39, 0.29) is 0 Å². The maximum Gasteiger partial charge on any atom is -0.0417 e. The molecule has 13 heavy (non-hydrogen) atoms. The zero-order valence-corrected chi connectivity index (χ0v) is 10.1. The van der Waals surface area contributed by atoms with Crippen LogP contribution in [-0.2, 0) is 0 Å². The van der Waals surface area contributed by atoms with Gasteiger partial charge in [0.25, 0.3) is 0 Å². The standard InChI is InChI=1S/C13H28/c1-5-8-9-13(7-3)11-10-12(4)6-2/h12-13H,5-11H2,1-4H3. The highest BCUT2D eigenvalue weighted by Gasteiger charge is 2.07. The number of hydrogen-bond acceptors (Lipinski definition) is 0. The zero-order valence-electron chi connectivity index (χ0n) is 10.1. The highest BCUT2D eigenvalue weighted by molar-refractivity contribution is 4.60. The molecule has 0 amide bonds. The van der Waals surface area contributed by atoms with E-state index >= 15 is 0 Å². The van der Waals surface area contributed by atoms with E-state index in [9.17, 15) is 0 Å². The first-order valence-corrected chi connectivity index (χ1v) is 6.24. The molecule has 0 nitrogen and oxygen atoms in total. The molecule has 0 bridgehead atoms. The Morgan fingerprint density at radius 1 is 0.846 bits per heavy atom. The van der Waals surface area contributed by atoms with Crippen molar-refractivity contribution in [2.45, 2.75) is 72.6 Å². The molecule has 2 unspecified atom stereocenters. The molecule has 0 spiro atoms. The Morgan fingerprint density at radius 2 is 1.54 bits per heavy atom. The van der Waals surface area contributed by atoms with Gasteiger partial charge in [0.2, 0.25) is 0 Å². The van der Waals surface area contributed by atoms with Crippen LogP contribution in [0.3, 0.4) is 0 Å². The van der Waals surface area contributed by atoms with Gasteiger partial charge in [0.1, 0.15) is 0 Å². The van der Waals surface area contributed by atoms with Gasteiger partial charge in [0.05, 0.1) is 0 Å². The summed E-state index contributed by atoms with van der Waals surface area (Å²) >= 11 is 0. The lowest BCUT2D eigenvalue weighted by Crippen LogP contribution is -2.02. The zero-order chi connectivity index (χ0) is 10.1. The van der Waals surface area contributed by atoms with Crippen molar-refractivity contribution in [2.24, 2.45) is 11.8 Å². The van der Waals surface area contributed by atoms with Gasteiger partial charge in [-0.3, -0.25) is 0 Å². The fourth-order valence-corrected chi connectivity index (χ4v) is 1.77.